The number of carboxylic acid groups (broad SMARTS) is 1. The third-order valence-electron chi connectivity index (χ3n) is 4.79. The Labute approximate surface area is 205 Å². The lowest BCUT2D eigenvalue weighted by Gasteiger charge is -2.00. The molecule has 0 bridgehead atoms. The molecular weight excluding hydrogens is 444 g/mol. The number of aryl methyl sites for hydroxylation is 2. The van der Waals surface area contributed by atoms with Crippen molar-refractivity contribution in [3.8, 4) is 11.1 Å². The standard InChI is InChI=1S/C12H11NO.C8H10N2.C7H13NO3/c1-9-2-4-10(5-3-9)11-6-7-12(14)13-8-11;1-6-3-2-4-7(5-6)8(9)10;9-6-8-5-3-1-2-4-7(10)11/h2-8H,1H3,(H,13,14);2-5H,1H3,(H3,9,10);6H,1-5H2,(H,8,9)(H,10,11). The second-order valence-electron chi connectivity index (χ2n) is 7.87. The van der Waals surface area contributed by atoms with Crippen LogP contribution in [0.1, 0.15) is 42.4 Å². The Morgan fingerprint density at radius 2 is 1.69 bits per heavy atom. The van der Waals surface area contributed by atoms with Crippen molar-refractivity contribution in [2.24, 2.45) is 5.73 Å². The smallest absolute Gasteiger partial charge is 0.303 e. The van der Waals surface area contributed by atoms with Crippen LogP contribution in [0.3, 0.4) is 0 Å². The first-order valence-electron chi connectivity index (χ1n) is 11.3. The fraction of sp³-hybridized carbons (Fsp3) is 0.259. The predicted molar refractivity (Wildman–Crippen MR) is 140 cm³/mol. The molecule has 0 spiro atoms. The number of hydrogen-bond donors (Lipinski definition) is 5. The molecule has 0 atom stereocenters. The monoisotopic (exact) mass is 478 g/mol. The molecule has 1 aromatic heterocycles. The van der Waals surface area contributed by atoms with Gasteiger partial charge in [0.1, 0.15) is 5.84 Å². The lowest BCUT2D eigenvalue weighted by atomic mass is 10.1. The van der Waals surface area contributed by atoms with Crippen molar-refractivity contribution in [2.45, 2.75) is 39.5 Å². The van der Waals surface area contributed by atoms with Crippen LogP contribution in [0.5, 0.6) is 0 Å². The molecule has 35 heavy (non-hydrogen) atoms. The van der Waals surface area contributed by atoms with Crippen LogP contribution in [0.25, 0.3) is 11.1 Å². The number of carbonyl (C=O) groups excluding carboxylic acids is 1. The highest BCUT2D eigenvalue weighted by Crippen LogP contribution is 2.17. The third kappa shape index (κ3) is 13.2. The highest BCUT2D eigenvalue weighted by molar-refractivity contribution is 5.95. The Kier molecular flexibility index (Phi) is 13.5. The summed E-state index contributed by atoms with van der Waals surface area (Å²) in [6.45, 7) is 4.67. The number of amides is 1. The number of pyridine rings is 1. The molecule has 0 aliphatic carbocycles. The van der Waals surface area contributed by atoms with E-state index < -0.39 is 5.97 Å². The van der Waals surface area contributed by atoms with Gasteiger partial charge in [0.05, 0.1) is 0 Å². The molecule has 1 amide bonds. The maximum atomic E-state index is 10.9. The van der Waals surface area contributed by atoms with Crippen LogP contribution < -0.4 is 16.6 Å². The van der Waals surface area contributed by atoms with Crippen molar-refractivity contribution >= 4 is 18.2 Å². The van der Waals surface area contributed by atoms with Gasteiger partial charge in [0.15, 0.2) is 0 Å². The highest BCUT2D eigenvalue weighted by Gasteiger charge is 1.96. The summed E-state index contributed by atoms with van der Waals surface area (Å²) in [6.07, 6.45) is 5.00. The van der Waals surface area contributed by atoms with Gasteiger partial charge in [0.2, 0.25) is 12.0 Å². The highest BCUT2D eigenvalue weighted by atomic mass is 16.4. The molecule has 0 radical (unpaired) electrons. The third-order valence-corrected chi connectivity index (χ3v) is 4.79. The number of nitrogens with two attached hydrogens (primary N) is 1. The minimum atomic E-state index is -0.756. The maximum Gasteiger partial charge on any atom is 0.303 e. The van der Waals surface area contributed by atoms with Gasteiger partial charge >= 0.3 is 5.97 Å². The molecule has 6 N–H and O–H groups in total. The van der Waals surface area contributed by atoms with E-state index in [4.69, 9.17) is 16.2 Å². The molecule has 3 aromatic rings. The van der Waals surface area contributed by atoms with Crippen molar-refractivity contribution in [3.05, 3.63) is 93.9 Å². The molecule has 186 valence electrons. The van der Waals surface area contributed by atoms with Gasteiger partial charge in [-0.25, -0.2) is 0 Å². The number of nitrogen functional groups attached to an aromatic ring is 1. The van der Waals surface area contributed by atoms with Crippen LogP contribution in [0, 0.1) is 19.3 Å². The molecule has 1 heterocycles. The Morgan fingerprint density at radius 3 is 2.20 bits per heavy atom. The fourth-order valence-corrected chi connectivity index (χ4v) is 2.89. The number of aromatic nitrogens is 1. The van der Waals surface area contributed by atoms with Gasteiger partial charge in [-0.2, -0.15) is 0 Å². The molecule has 0 saturated carbocycles. The van der Waals surface area contributed by atoms with Gasteiger partial charge in [0.25, 0.3) is 0 Å². The number of aliphatic carboxylic acids is 1. The lowest BCUT2D eigenvalue weighted by Crippen LogP contribution is -2.11. The summed E-state index contributed by atoms with van der Waals surface area (Å²) >= 11 is 0. The maximum absolute atomic E-state index is 10.9. The zero-order valence-corrected chi connectivity index (χ0v) is 20.2. The lowest BCUT2D eigenvalue weighted by molar-refractivity contribution is -0.137. The molecule has 0 fully saturated rings. The van der Waals surface area contributed by atoms with Crippen LogP contribution >= 0.6 is 0 Å². The van der Waals surface area contributed by atoms with Gasteiger partial charge in [-0.15, -0.1) is 0 Å². The van der Waals surface area contributed by atoms with Crippen LogP contribution in [0.15, 0.2) is 71.7 Å². The minimum Gasteiger partial charge on any atom is -0.481 e. The van der Waals surface area contributed by atoms with E-state index in [-0.39, 0.29) is 17.8 Å². The van der Waals surface area contributed by atoms with Crippen LogP contribution in [0.4, 0.5) is 0 Å². The van der Waals surface area contributed by atoms with Crippen LogP contribution in [-0.2, 0) is 9.59 Å². The van der Waals surface area contributed by atoms with Gasteiger partial charge in [-0.05, 0) is 49.9 Å². The summed E-state index contributed by atoms with van der Waals surface area (Å²) in [5.41, 5.74) is 10.5. The van der Waals surface area contributed by atoms with Gasteiger partial charge < -0.3 is 21.1 Å². The molecule has 8 nitrogen and oxygen atoms in total. The molecule has 0 saturated heterocycles. The summed E-state index contributed by atoms with van der Waals surface area (Å²) in [5.74, 6) is -0.628. The number of rotatable bonds is 9. The normalized spacial score (nSPS) is 9.54. The zero-order valence-electron chi connectivity index (χ0n) is 20.2. The summed E-state index contributed by atoms with van der Waals surface area (Å²) in [6, 6.07) is 19.2. The van der Waals surface area contributed by atoms with E-state index in [0.717, 1.165) is 35.1 Å². The average Bonchev–Trinajstić information content (AvgIpc) is 2.83. The van der Waals surface area contributed by atoms with Crippen molar-refractivity contribution < 1.29 is 14.7 Å². The second-order valence-corrected chi connectivity index (χ2v) is 7.87. The number of hydrogen-bond acceptors (Lipinski definition) is 4. The van der Waals surface area contributed by atoms with E-state index >= 15 is 0 Å². The first-order valence-corrected chi connectivity index (χ1v) is 11.3. The van der Waals surface area contributed by atoms with Crippen molar-refractivity contribution in [1.82, 2.24) is 10.3 Å². The summed E-state index contributed by atoms with van der Waals surface area (Å²) in [5, 5.41) is 17.9. The van der Waals surface area contributed by atoms with Gasteiger partial charge in [-0.3, -0.25) is 19.8 Å². The number of H-pyrrole nitrogens is 1. The van der Waals surface area contributed by atoms with E-state index in [1.54, 1.807) is 6.20 Å². The van der Waals surface area contributed by atoms with Crippen molar-refractivity contribution in [1.29, 1.82) is 5.41 Å². The summed E-state index contributed by atoms with van der Waals surface area (Å²) in [4.78, 5) is 33.3. The topological polar surface area (TPSA) is 149 Å². The minimum absolute atomic E-state index is 0.0686. The van der Waals surface area contributed by atoms with Crippen LogP contribution in [0.2, 0.25) is 0 Å². The quantitative estimate of drug-likeness (QED) is 0.136. The molecular formula is C27H34N4O4. The second kappa shape index (κ2) is 16.4. The molecule has 8 heteroatoms. The molecule has 0 aliphatic heterocycles. The van der Waals surface area contributed by atoms with Crippen LogP contribution in [-0.4, -0.2) is 34.9 Å². The average molecular weight is 479 g/mol. The van der Waals surface area contributed by atoms with Crippen molar-refractivity contribution in [3.63, 3.8) is 0 Å². The van der Waals surface area contributed by atoms with Crippen molar-refractivity contribution in [2.75, 3.05) is 6.54 Å². The molecule has 2 aromatic carbocycles. The Hall–Kier alpha value is -4.20. The Bertz CT molecular complexity index is 1100. The SMILES string of the molecule is Cc1ccc(-c2ccc(=O)[nH]c2)cc1.Cc1cccc(C(=N)N)c1.O=CNCCCCCC(=O)O. The number of benzene rings is 2. The number of unbranched alkanes of at least 4 members (excludes halogenated alkanes) is 2. The predicted octanol–water partition coefficient (Wildman–Crippen LogP) is 4.01. The van der Waals surface area contributed by atoms with Gasteiger partial charge in [-0.1, -0.05) is 60.0 Å². The number of carboxylic acids is 1. The van der Waals surface area contributed by atoms with E-state index in [9.17, 15) is 14.4 Å². The first kappa shape index (κ1) is 28.8. The molecule has 3 rings (SSSR count). The molecule has 0 unspecified atom stereocenters. The number of aromatic amines is 1. The Balaban J connectivity index is 0.000000268. The summed E-state index contributed by atoms with van der Waals surface area (Å²) in [7, 11) is 0. The zero-order chi connectivity index (χ0) is 26.1. The Morgan fingerprint density at radius 1 is 1.00 bits per heavy atom. The fourth-order valence-electron chi connectivity index (χ4n) is 2.89. The molecule has 0 aliphatic rings. The van der Waals surface area contributed by atoms with E-state index in [1.807, 2.05) is 49.4 Å². The summed E-state index contributed by atoms with van der Waals surface area (Å²) < 4.78 is 0. The van der Waals surface area contributed by atoms with E-state index in [1.165, 1.54) is 11.6 Å². The largest absolute Gasteiger partial charge is 0.481 e. The van der Waals surface area contributed by atoms with E-state index in [2.05, 4.69) is 29.4 Å². The van der Waals surface area contributed by atoms with E-state index in [0.29, 0.717) is 19.4 Å². The van der Waals surface area contributed by atoms with Gasteiger partial charge in [0, 0.05) is 30.8 Å². The first-order chi connectivity index (χ1) is 16.7. The number of nitrogens with one attached hydrogen (secondary N) is 3. The number of carbonyl (C=O) groups is 2. The number of amidine groups is 1.